The van der Waals surface area contributed by atoms with Crippen LogP contribution in [0.3, 0.4) is 0 Å². The third-order valence-corrected chi connectivity index (χ3v) is 5.18. The molecule has 2 unspecified atom stereocenters. The van der Waals surface area contributed by atoms with Crippen molar-refractivity contribution in [3.63, 3.8) is 0 Å². The molecule has 3 atom stereocenters. The molecule has 0 radical (unpaired) electrons. The zero-order valence-electron chi connectivity index (χ0n) is 14.7. The number of aliphatic carboxylic acids is 1. The van der Waals surface area contributed by atoms with Gasteiger partial charge in [0.1, 0.15) is 22.7 Å². The van der Waals surface area contributed by atoms with Crippen LogP contribution in [-0.4, -0.2) is 39.3 Å². The summed E-state index contributed by atoms with van der Waals surface area (Å²) in [5, 5.41) is 9.42. The number of hydrogen-bond acceptors (Lipinski definition) is 4. The lowest BCUT2D eigenvalue weighted by Gasteiger charge is -2.38. The predicted molar refractivity (Wildman–Crippen MR) is 88.2 cm³/mol. The third kappa shape index (κ3) is 5.83. The Hall–Kier alpha value is -1.36. The highest BCUT2D eigenvalue weighted by atomic mass is 32.2. The van der Waals surface area contributed by atoms with E-state index < -0.39 is 52.3 Å². The van der Waals surface area contributed by atoms with Crippen LogP contribution in [0.2, 0.25) is 0 Å². The van der Waals surface area contributed by atoms with E-state index in [1.165, 1.54) is 18.2 Å². The molecule has 0 saturated heterocycles. The number of hydrogen-bond donors (Lipinski definition) is 2. The Balaban J connectivity index is 3.41. The average molecular weight is 399 g/mol. The SMILES string of the molecule is CC(N[S@+]([O-])C(C)(C)C)(c1ccccc1F)C(OCC(F)(F)F)C(=O)O. The minimum absolute atomic E-state index is 0.271. The van der Waals surface area contributed by atoms with Crippen molar-refractivity contribution in [1.29, 1.82) is 0 Å². The first-order chi connectivity index (χ1) is 11.7. The van der Waals surface area contributed by atoms with Gasteiger partial charge in [-0.15, -0.1) is 4.72 Å². The smallest absolute Gasteiger partial charge is 0.411 e. The summed E-state index contributed by atoms with van der Waals surface area (Å²) in [6.45, 7) is 4.01. The number of carbonyl (C=O) groups is 1. The topological polar surface area (TPSA) is 81.6 Å². The van der Waals surface area contributed by atoms with E-state index in [1.807, 2.05) is 0 Å². The summed E-state index contributed by atoms with van der Waals surface area (Å²) in [7, 11) is 0. The van der Waals surface area contributed by atoms with E-state index in [-0.39, 0.29) is 5.56 Å². The van der Waals surface area contributed by atoms with Crippen LogP contribution in [0.5, 0.6) is 0 Å². The Morgan fingerprint density at radius 1 is 1.27 bits per heavy atom. The third-order valence-electron chi connectivity index (χ3n) is 3.46. The molecule has 148 valence electrons. The fourth-order valence-corrected chi connectivity index (χ4v) is 3.05. The second-order valence-corrected chi connectivity index (χ2v) is 8.78. The van der Waals surface area contributed by atoms with Crippen LogP contribution in [0, 0.1) is 5.82 Å². The molecule has 1 rings (SSSR count). The van der Waals surface area contributed by atoms with Gasteiger partial charge in [0.25, 0.3) is 0 Å². The maximum absolute atomic E-state index is 14.3. The van der Waals surface area contributed by atoms with Gasteiger partial charge in [-0.05, 0) is 33.8 Å². The summed E-state index contributed by atoms with van der Waals surface area (Å²) in [5.41, 5.74) is -2.30. The van der Waals surface area contributed by atoms with Gasteiger partial charge >= 0.3 is 12.1 Å². The molecule has 0 bridgehead atoms. The van der Waals surface area contributed by atoms with E-state index in [2.05, 4.69) is 9.46 Å². The molecule has 0 aliphatic heterocycles. The Labute approximate surface area is 152 Å². The molecule has 0 amide bonds. The van der Waals surface area contributed by atoms with E-state index in [0.29, 0.717) is 0 Å². The van der Waals surface area contributed by atoms with Crippen molar-refractivity contribution in [2.75, 3.05) is 6.61 Å². The highest BCUT2D eigenvalue weighted by Crippen LogP contribution is 2.33. The second-order valence-electron chi connectivity index (χ2n) is 6.81. The van der Waals surface area contributed by atoms with Crippen LogP contribution < -0.4 is 4.72 Å². The van der Waals surface area contributed by atoms with Crippen LogP contribution >= 0.6 is 0 Å². The Kier molecular flexibility index (Phi) is 7.08. The van der Waals surface area contributed by atoms with E-state index in [1.54, 1.807) is 20.8 Å². The van der Waals surface area contributed by atoms with E-state index >= 15 is 0 Å². The molecule has 2 N–H and O–H groups in total. The molecule has 0 heterocycles. The summed E-state index contributed by atoms with van der Waals surface area (Å²) in [5.74, 6) is -2.62. The normalized spacial score (nSPS) is 17.4. The van der Waals surface area contributed by atoms with Gasteiger partial charge in [0.2, 0.25) is 0 Å². The van der Waals surface area contributed by atoms with Crippen LogP contribution in [0.4, 0.5) is 17.6 Å². The predicted octanol–water partition coefficient (Wildman–Crippen LogP) is 3.12. The first kappa shape index (κ1) is 22.7. The molecular formula is C16H21F4NO4S. The van der Waals surface area contributed by atoms with Crippen molar-refractivity contribution in [2.45, 2.75) is 50.3 Å². The number of alkyl halides is 3. The maximum Gasteiger partial charge on any atom is 0.411 e. The molecule has 1 aromatic carbocycles. The Morgan fingerprint density at radius 2 is 1.81 bits per heavy atom. The highest BCUT2D eigenvalue weighted by Gasteiger charge is 2.49. The van der Waals surface area contributed by atoms with Gasteiger partial charge in [-0.1, -0.05) is 18.2 Å². The van der Waals surface area contributed by atoms with Gasteiger partial charge in [0, 0.05) is 16.9 Å². The van der Waals surface area contributed by atoms with Crippen LogP contribution in [0.1, 0.15) is 33.3 Å². The first-order valence-corrected chi connectivity index (χ1v) is 8.69. The first-order valence-electron chi connectivity index (χ1n) is 7.54. The molecule has 0 fully saturated rings. The Bertz CT molecular complexity index is 635. The van der Waals surface area contributed by atoms with Gasteiger partial charge in [-0.25, -0.2) is 9.18 Å². The van der Waals surface area contributed by atoms with Crippen LogP contribution in [0.25, 0.3) is 0 Å². The molecule has 26 heavy (non-hydrogen) atoms. The lowest BCUT2D eigenvalue weighted by atomic mass is 9.86. The summed E-state index contributed by atoms with van der Waals surface area (Å²) in [4.78, 5) is 11.6. The van der Waals surface area contributed by atoms with Crippen molar-refractivity contribution < 1.29 is 36.8 Å². The number of carboxylic acid groups (broad SMARTS) is 1. The summed E-state index contributed by atoms with van der Waals surface area (Å²) < 4.78 is 70.6. The standard InChI is InChI=1S/C16H21F4NO4S/c1-14(2,3)26(24)21-15(4,10-7-5-6-8-11(10)17)12(13(22)23)25-9-16(18,19)20/h5-8,12,21H,9H2,1-4H3,(H,22,23)/t12?,15?,26-/m1/s1. The zero-order chi connectivity index (χ0) is 20.3. The average Bonchev–Trinajstić information content (AvgIpc) is 2.44. The molecule has 0 aromatic heterocycles. The number of rotatable bonds is 7. The second kappa shape index (κ2) is 8.12. The van der Waals surface area contributed by atoms with Crippen molar-refractivity contribution in [3.05, 3.63) is 35.6 Å². The lowest BCUT2D eigenvalue weighted by Crippen LogP contribution is -2.59. The largest absolute Gasteiger partial charge is 0.598 e. The number of ether oxygens (including phenoxy) is 1. The number of halogens is 4. The highest BCUT2D eigenvalue weighted by molar-refractivity contribution is 7.90. The summed E-state index contributed by atoms with van der Waals surface area (Å²) in [6.07, 6.45) is -6.93. The quantitative estimate of drug-likeness (QED) is 0.544. The lowest BCUT2D eigenvalue weighted by molar-refractivity contribution is -0.200. The van der Waals surface area contributed by atoms with Crippen molar-refractivity contribution in [2.24, 2.45) is 0 Å². The van der Waals surface area contributed by atoms with Crippen molar-refractivity contribution >= 4 is 17.3 Å². The molecule has 1 aromatic rings. The monoisotopic (exact) mass is 399 g/mol. The molecular weight excluding hydrogens is 378 g/mol. The number of benzene rings is 1. The minimum Gasteiger partial charge on any atom is -0.598 e. The van der Waals surface area contributed by atoms with Gasteiger partial charge in [0.05, 0.1) is 0 Å². The minimum atomic E-state index is -4.78. The fraction of sp³-hybridized carbons (Fsp3) is 0.562. The van der Waals surface area contributed by atoms with E-state index in [9.17, 15) is 32.0 Å². The van der Waals surface area contributed by atoms with Crippen LogP contribution in [0.15, 0.2) is 24.3 Å². The fourth-order valence-electron chi connectivity index (χ4n) is 2.14. The molecule has 10 heteroatoms. The zero-order valence-corrected chi connectivity index (χ0v) is 15.5. The van der Waals surface area contributed by atoms with Gasteiger partial charge in [0.15, 0.2) is 6.10 Å². The van der Waals surface area contributed by atoms with E-state index in [4.69, 9.17) is 0 Å². The van der Waals surface area contributed by atoms with E-state index in [0.717, 1.165) is 13.0 Å². The molecule has 5 nitrogen and oxygen atoms in total. The number of carboxylic acids is 1. The van der Waals surface area contributed by atoms with Crippen LogP contribution in [-0.2, 0) is 26.4 Å². The molecule has 0 saturated carbocycles. The molecule has 0 aliphatic rings. The van der Waals surface area contributed by atoms with Crippen molar-refractivity contribution in [3.8, 4) is 0 Å². The summed E-state index contributed by atoms with van der Waals surface area (Å²) >= 11 is -1.92. The summed E-state index contributed by atoms with van der Waals surface area (Å²) in [6, 6.07) is 4.96. The molecule has 0 aliphatic carbocycles. The van der Waals surface area contributed by atoms with Gasteiger partial charge in [-0.3, -0.25) is 0 Å². The Morgan fingerprint density at radius 3 is 2.23 bits per heavy atom. The maximum atomic E-state index is 14.3. The number of nitrogens with one attached hydrogen (secondary N) is 1. The van der Waals surface area contributed by atoms with Crippen molar-refractivity contribution in [1.82, 2.24) is 4.72 Å². The van der Waals surface area contributed by atoms with Gasteiger partial charge < -0.3 is 14.4 Å². The molecule has 0 spiro atoms. The van der Waals surface area contributed by atoms with Gasteiger partial charge in [-0.2, -0.15) is 13.2 Å².